The number of carboxylic acids is 1. The highest BCUT2D eigenvalue weighted by Crippen LogP contribution is 2.24. The van der Waals surface area contributed by atoms with Gasteiger partial charge in [0, 0.05) is 17.0 Å². The summed E-state index contributed by atoms with van der Waals surface area (Å²) in [5.41, 5.74) is 0. The summed E-state index contributed by atoms with van der Waals surface area (Å²) in [7, 11) is 0. The van der Waals surface area contributed by atoms with Crippen LogP contribution in [0.4, 0.5) is 0 Å². The summed E-state index contributed by atoms with van der Waals surface area (Å²) in [6.45, 7) is 6.65. The van der Waals surface area contributed by atoms with Gasteiger partial charge in [-0.3, -0.25) is 4.79 Å². The number of hydrogen-bond acceptors (Lipinski definition) is 4. The SMILES string of the molecule is CC(C)N1CCC(NC(CC(=O)O)c2cccs2)CC1. The number of nitrogens with zero attached hydrogens (tertiary/aromatic N) is 1. The van der Waals surface area contributed by atoms with E-state index in [0.29, 0.717) is 12.1 Å². The largest absolute Gasteiger partial charge is 0.481 e. The third kappa shape index (κ3) is 4.30. The molecule has 1 unspecified atom stereocenters. The number of thiophene rings is 1. The topological polar surface area (TPSA) is 52.6 Å². The van der Waals surface area contributed by atoms with Crippen molar-refractivity contribution in [1.82, 2.24) is 10.2 Å². The monoisotopic (exact) mass is 296 g/mol. The third-order valence-electron chi connectivity index (χ3n) is 3.96. The number of hydrogen-bond donors (Lipinski definition) is 2. The zero-order chi connectivity index (χ0) is 14.5. The minimum atomic E-state index is -0.740. The fourth-order valence-corrected chi connectivity index (χ4v) is 3.56. The van der Waals surface area contributed by atoms with Crippen molar-refractivity contribution >= 4 is 17.3 Å². The Morgan fingerprint density at radius 3 is 2.70 bits per heavy atom. The second-order valence-corrected chi connectivity index (χ2v) is 6.72. The molecule has 0 radical (unpaired) electrons. The van der Waals surface area contributed by atoms with E-state index in [1.165, 1.54) is 0 Å². The Hall–Kier alpha value is -0.910. The van der Waals surface area contributed by atoms with Crippen molar-refractivity contribution in [3.8, 4) is 0 Å². The van der Waals surface area contributed by atoms with Crippen molar-refractivity contribution in [2.75, 3.05) is 13.1 Å². The molecule has 0 amide bonds. The first kappa shape index (κ1) is 15.5. The fraction of sp³-hybridized carbons (Fsp3) is 0.667. The molecule has 5 heteroatoms. The molecular formula is C15H24N2O2S. The average molecular weight is 296 g/mol. The van der Waals surface area contributed by atoms with Gasteiger partial charge in [0.05, 0.1) is 12.5 Å². The molecule has 0 bridgehead atoms. The minimum Gasteiger partial charge on any atom is -0.481 e. The molecular weight excluding hydrogens is 272 g/mol. The van der Waals surface area contributed by atoms with Gasteiger partial charge in [0.2, 0.25) is 0 Å². The molecule has 1 aromatic heterocycles. The van der Waals surface area contributed by atoms with Gasteiger partial charge in [-0.2, -0.15) is 0 Å². The summed E-state index contributed by atoms with van der Waals surface area (Å²) in [4.78, 5) is 14.6. The molecule has 1 aromatic rings. The summed E-state index contributed by atoms with van der Waals surface area (Å²) >= 11 is 1.63. The van der Waals surface area contributed by atoms with Crippen LogP contribution in [0.5, 0.6) is 0 Å². The number of nitrogens with one attached hydrogen (secondary N) is 1. The van der Waals surface area contributed by atoms with E-state index in [2.05, 4.69) is 24.1 Å². The highest BCUT2D eigenvalue weighted by Gasteiger charge is 2.25. The lowest BCUT2D eigenvalue weighted by Crippen LogP contribution is -2.46. The van der Waals surface area contributed by atoms with Crippen LogP contribution in [0.2, 0.25) is 0 Å². The van der Waals surface area contributed by atoms with Crippen molar-refractivity contribution in [3.05, 3.63) is 22.4 Å². The van der Waals surface area contributed by atoms with Crippen LogP contribution in [0, 0.1) is 0 Å². The van der Waals surface area contributed by atoms with Crippen molar-refractivity contribution in [1.29, 1.82) is 0 Å². The van der Waals surface area contributed by atoms with Gasteiger partial charge in [0.15, 0.2) is 0 Å². The second-order valence-electron chi connectivity index (χ2n) is 5.74. The number of aliphatic carboxylic acids is 1. The van der Waals surface area contributed by atoms with Crippen LogP contribution in [-0.2, 0) is 4.79 Å². The van der Waals surface area contributed by atoms with Crippen molar-refractivity contribution in [3.63, 3.8) is 0 Å². The van der Waals surface area contributed by atoms with E-state index in [-0.39, 0.29) is 12.5 Å². The molecule has 2 N–H and O–H groups in total. The average Bonchev–Trinajstić information content (AvgIpc) is 2.92. The first-order valence-electron chi connectivity index (χ1n) is 7.31. The lowest BCUT2D eigenvalue weighted by atomic mass is 10.0. The molecule has 112 valence electrons. The Labute approximate surface area is 124 Å². The minimum absolute atomic E-state index is 0.0527. The van der Waals surface area contributed by atoms with Crippen molar-refractivity contribution in [2.24, 2.45) is 0 Å². The highest BCUT2D eigenvalue weighted by atomic mass is 32.1. The van der Waals surface area contributed by atoms with Crippen LogP contribution in [0.3, 0.4) is 0 Å². The maximum absolute atomic E-state index is 11.0. The molecule has 20 heavy (non-hydrogen) atoms. The number of rotatable bonds is 6. The Kier molecular flexibility index (Phi) is 5.57. The highest BCUT2D eigenvalue weighted by molar-refractivity contribution is 7.10. The maximum Gasteiger partial charge on any atom is 0.305 e. The van der Waals surface area contributed by atoms with Gasteiger partial charge in [-0.1, -0.05) is 6.07 Å². The Balaban J connectivity index is 1.91. The van der Waals surface area contributed by atoms with E-state index >= 15 is 0 Å². The molecule has 1 saturated heterocycles. The molecule has 0 aliphatic carbocycles. The lowest BCUT2D eigenvalue weighted by Gasteiger charge is -2.36. The molecule has 4 nitrogen and oxygen atoms in total. The summed E-state index contributed by atoms with van der Waals surface area (Å²) in [6.07, 6.45) is 2.35. The van der Waals surface area contributed by atoms with Crippen LogP contribution in [0.25, 0.3) is 0 Å². The molecule has 2 rings (SSSR count). The van der Waals surface area contributed by atoms with Gasteiger partial charge < -0.3 is 15.3 Å². The van der Waals surface area contributed by atoms with Crippen molar-refractivity contribution < 1.29 is 9.90 Å². The maximum atomic E-state index is 11.0. The van der Waals surface area contributed by atoms with E-state index in [9.17, 15) is 4.79 Å². The number of likely N-dealkylation sites (tertiary alicyclic amines) is 1. The summed E-state index contributed by atoms with van der Waals surface area (Å²) in [5.74, 6) is -0.740. The number of carbonyl (C=O) groups is 1. The summed E-state index contributed by atoms with van der Waals surface area (Å²) in [6, 6.07) is 4.98. The van der Waals surface area contributed by atoms with Gasteiger partial charge in [-0.25, -0.2) is 0 Å². The lowest BCUT2D eigenvalue weighted by molar-refractivity contribution is -0.137. The third-order valence-corrected chi connectivity index (χ3v) is 4.95. The molecule has 2 heterocycles. The van der Waals surface area contributed by atoms with E-state index in [0.717, 1.165) is 30.8 Å². The molecule has 1 aliphatic heterocycles. The molecule has 1 atom stereocenters. The second kappa shape index (κ2) is 7.20. The fourth-order valence-electron chi connectivity index (χ4n) is 2.77. The normalized spacial score (nSPS) is 19.4. The van der Waals surface area contributed by atoms with Crippen LogP contribution in [-0.4, -0.2) is 41.1 Å². The van der Waals surface area contributed by atoms with Crippen LogP contribution >= 0.6 is 11.3 Å². The quantitative estimate of drug-likeness (QED) is 0.847. The first-order chi connectivity index (χ1) is 9.56. The Bertz CT molecular complexity index is 412. The number of piperidine rings is 1. The Morgan fingerprint density at radius 2 is 2.20 bits per heavy atom. The van der Waals surface area contributed by atoms with Gasteiger partial charge >= 0.3 is 5.97 Å². The molecule has 0 saturated carbocycles. The summed E-state index contributed by atoms with van der Waals surface area (Å²) < 4.78 is 0. The van der Waals surface area contributed by atoms with Gasteiger partial charge in [-0.05, 0) is 51.2 Å². The van der Waals surface area contributed by atoms with Crippen LogP contribution in [0.1, 0.15) is 44.0 Å². The first-order valence-corrected chi connectivity index (χ1v) is 8.19. The zero-order valence-corrected chi connectivity index (χ0v) is 13.0. The molecule has 0 spiro atoms. The van der Waals surface area contributed by atoms with E-state index in [1.807, 2.05) is 17.5 Å². The van der Waals surface area contributed by atoms with Crippen molar-refractivity contribution in [2.45, 2.75) is 51.2 Å². The Morgan fingerprint density at radius 1 is 1.50 bits per heavy atom. The standard InChI is InChI=1S/C15H24N2O2S/c1-11(2)17-7-5-12(6-8-17)16-13(10-15(18)19)14-4-3-9-20-14/h3-4,9,11-13,16H,5-8,10H2,1-2H3,(H,18,19). The number of carboxylic acid groups (broad SMARTS) is 1. The zero-order valence-electron chi connectivity index (χ0n) is 12.2. The van der Waals surface area contributed by atoms with Gasteiger partial charge in [-0.15, -0.1) is 11.3 Å². The smallest absolute Gasteiger partial charge is 0.305 e. The predicted molar refractivity (Wildman–Crippen MR) is 82.2 cm³/mol. The molecule has 1 aliphatic rings. The van der Waals surface area contributed by atoms with E-state index < -0.39 is 5.97 Å². The van der Waals surface area contributed by atoms with Crippen LogP contribution < -0.4 is 5.32 Å². The van der Waals surface area contributed by atoms with E-state index in [4.69, 9.17) is 5.11 Å². The van der Waals surface area contributed by atoms with Gasteiger partial charge in [0.1, 0.15) is 0 Å². The van der Waals surface area contributed by atoms with Crippen LogP contribution in [0.15, 0.2) is 17.5 Å². The predicted octanol–water partition coefficient (Wildman–Crippen LogP) is 2.73. The molecule has 1 fully saturated rings. The molecule has 0 aromatic carbocycles. The summed E-state index contributed by atoms with van der Waals surface area (Å²) in [5, 5.41) is 14.6. The van der Waals surface area contributed by atoms with Gasteiger partial charge in [0.25, 0.3) is 0 Å². The van der Waals surface area contributed by atoms with E-state index in [1.54, 1.807) is 11.3 Å².